The average molecular weight is 293 g/mol. The minimum absolute atomic E-state index is 0.332. The van der Waals surface area contributed by atoms with E-state index >= 15 is 0 Å². The van der Waals surface area contributed by atoms with Gasteiger partial charge in [-0.25, -0.2) is 4.79 Å². The summed E-state index contributed by atoms with van der Waals surface area (Å²) in [6.07, 6.45) is 0. The second-order valence-corrected chi connectivity index (χ2v) is 5.72. The highest BCUT2D eigenvalue weighted by atomic mass is 32.1. The molecule has 20 heavy (non-hydrogen) atoms. The van der Waals surface area contributed by atoms with Crippen molar-refractivity contribution in [3.05, 3.63) is 29.3 Å². The molecule has 0 radical (unpaired) electrons. The zero-order valence-corrected chi connectivity index (χ0v) is 12.2. The summed E-state index contributed by atoms with van der Waals surface area (Å²) in [5, 5.41) is 4.91. The highest BCUT2D eigenvalue weighted by Gasteiger charge is 2.39. The molecule has 6 nitrogen and oxygen atoms in total. The second-order valence-electron chi connectivity index (χ2n) is 5.12. The summed E-state index contributed by atoms with van der Waals surface area (Å²) in [6.45, 7) is 3.49. The number of benzene rings is 1. The van der Waals surface area contributed by atoms with Crippen molar-refractivity contribution in [1.29, 1.82) is 0 Å². The second kappa shape index (κ2) is 4.82. The van der Waals surface area contributed by atoms with Gasteiger partial charge < -0.3 is 5.32 Å². The number of nitrogens with one attached hydrogen (secondary N) is 2. The molecule has 0 bridgehead atoms. The van der Waals surface area contributed by atoms with Crippen molar-refractivity contribution in [1.82, 2.24) is 9.62 Å². The maximum absolute atomic E-state index is 11.9. The van der Waals surface area contributed by atoms with E-state index in [1.54, 1.807) is 32.0 Å². The quantitative estimate of drug-likeness (QED) is 0.543. The van der Waals surface area contributed by atoms with E-state index < -0.39 is 17.4 Å². The van der Waals surface area contributed by atoms with Crippen LogP contribution in [0.4, 0.5) is 10.5 Å². The van der Waals surface area contributed by atoms with Crippen molar-refractivity contribution in [3.63, 3.8) is 0 Å². The molecule has 1 aromatic rings. The summed E-state index contributed by atoms with van der Waals surface area (Å²) in [4.78, 5) is 35.2. The van der Waals surface area contributed by atoms with Gasteiger partial charge in [-0.3, -0.25) is 19.2 Å². The topological polar surface area (TPSA) is 78.5 Å². The first-order valence-electron chi connectivity index (χ1n) is 5.97. The molecule has 0 atom stereocenters. The Bertz CT molecular complexity index is 611. The van der Waals surface area contributed by atoms with Crippen LogP contribution in [0.25, 0.3) is 0 Å². The zero-order valence-electron chi connectivity index (χ0n) is 11.4. The van der Waals surface area contributed by atoms with E-state index in [1.807, 2.05) is 0 Å². The molecule has 2 N–H and O–H groups in total. The Labute approximate surface area is 122 Å². The van der Waals surface area contributed by atoms with Crippen LogP contribution in [0.15, 0.2) is 18.2 Å². The predicted molar refractivity (Wildman–Crippen MR) is 77.7 cm³/mol. The highest BCUT2D eigenvalue weighted by molar-refractivity contribution is 7.78. The van der Waals surface area contributed by atoms with Crippen LogP contribution in [0, 0.1) is 0 Å². The minimum atomic E-state index is -0.786. The molecule has 0 spiro atoms. The lowest BCUT2D eigenvalue weighted by Gasteiger charge is -2.30. The number of amides is 4. The van der Waals surface area contributed by atoms with Gasteiger partial charge in [0, 0.05) is 18.3 Å². The van der Waals surface area contributed by atoms with Crippen LogP contribution in [0.1, 0.15) is 29.8 Å². The SMILES string of the molecule is CN(S)C(=O)Nc1ccc2c(c1)C(=O)NC(=O)C2(C)C. The van der Waals surface area contributed by atoms with E-state index in [1.165, 1.54) is 7.05 Å². The van der Waals surface area contributed by atoms with E-state index in [0.717, 1.165) is 4.31 Å². The molecule has 0 aliphatic carbocycles. The van der Waals surface area contributed by atoms with Gasteiger partial charge in [0.05, 0.1) is 5.41 Å². The zero-order chi connectivity index (χ0) is 15.1. The molecule has 2 rings (SSSR count). The van der Waals surface area contributed by atoms with Gasteiger partial charge in [0.1, 0.15) is 0 Å². The molecule has 0 unspecified atom stereocenters. The number of hydrogen-bond donors (Lipinski definition) is 3. The molecule has 1 aliphatic rings. The van der Waals surface area contributed by atoms with Crippen LogP contribution in [0.5, 0.6) is 0 Å². The summed E-state index contributed by atoms with van der Waals surface area (Å²) in [7, 11) is 1.49. The van der Waals surface area contributed by atoms with Gasteiger partial charge in [0.2, 0.25) is 5.91 Å². The first-order valence-corrected chi connectivity index (χ1v) is 6.37. The number of imide groups is 1. The molecule has 4 amide bonds. The summed E-state index contributed by atoms with van der Waals surface area (Å²) < 4.78 is 1.09. The number of hydrogen-bond acceptors (Lipinski definition) is 4. The van der Waals surface area contributed by atoms with Crippen LogP contribution in [-0.4, -0.2) is 29.2 Å². The third-order valence-electron chi connectivity index (χ3n) is 3.28. The first-order chi connectivity index (χ1) is 9.23. The van der Waals surface area contributed by atoms with Crippen molar-refractivity contribution < 1.29 is 14.4 Å². The average Bonchev–Trinajstić information content (AvgIpc) is 2.36. The largest absolute Gasteiger partial charge is 0.331 e. The molecule has 0 aromatic heterocycles. The maximum Gasteiger partial charge on any atom is 0.331 e. The van der Waals surface area contributed by atoms with Crippen LogP contribution in [0.3, 0.4) is 0 Å². The summed E-state index contributed by atoms with van der Waals surface area (Å²) in [6, 6.07) is 4.47. The van der Waals surface area contributed by atoms with Gasteiger partial charge >= 0.3 is 6.03 Å². The highest BCUT2D eigenvalue weighted by Crippen LogP contribution is 2.32. The van der Waals surface area contributed by atoms with Gasteiger partial charge in [-0.1, -0.05) is 18.9 Å². The fourth-order valence-electron chi connectivity index (χ4n) is 2.01. The van der Waals surface area contributed by atoms with E-state index in [-0.39, 0.29) is 5.91 Å². The van der Waals surface area contributed by atoms with Gasteiger partial charge in [-0.15, -0.1) is 0 Å². The Kier molecular flexibility index (Phi) is 3.47. The standard InChI is InChI=1S/C13H15N3O3S/c1-13(2)9-5-4-7(14-12(19)16(3)20)6-8(9)10(17)15-11(13)18/h4-6,20H,1-3H3,(H,14,19)(H,15,17,18). The molecule has 1 heterocycles. The fraction of sp³-hybridized carbons (Fsp3) is 0.308. The van der Waals surface area contributed by atoms with Crippen LogP contribution in [0.2, 0.25) is 0 Å². The monoisotopic (exact) mass is 293 g/mol. The van der Waals surface area contributed by atoms with Crippen molar-refractivity contribution >= 4 is 36.3 Å². The number of thiol groups is 1. The summed E-state index contributed by atoms with van der Waals surface area (Å²) in [5.74, 6) is -0.790. The molecular weight excluding hydrogens is 278 g/mol. The normalized spacial score (nSPS) is 16.2. The number of carbonyl (C=O) groups excluding carboxylic acids is 3. The Balaban J connectivity index is 2.41. The van der Waals surface area contributed by atoms with Crippen molar-refractivity contribution in [2.75, 3.05) is 12.4 Å². The van der Waals surface area contributed by atoms with E-state index in [0.29, 0.717) is 16.8 Å². The van der Waals surface area contributed by atoms with Gasteiger partial charge in [0.15, 0.2) is 0 Å². The predicted octanol–water partition coefficient (Wildman–Crippen LogP) is 1.54. The Morgan fingerprint density at radius 2 is 2.00 bits per heavy atom. The molecule has 1 aliphatic heterocycles. The van der Waals surface area contributed by atoms with Crippen LogP contribution >= 0.6 is 12.8 Å². The molecule has 0 fully saturated rings. The Morgan fingerprint density at radius 3 is 2.60 bits per heavy atom. The van der Waals surface area contributed by atoms with Gasteiger partial charge in [0.25, 0.3) is 5.91 Å². The number of rotatable bonds is 1. The third-order valence-corrected chi connectivity index (χ3v) is 3.46. The number of urea groups is 1. The molecule has 0 saturated carbocycles. The lowest BCUT2D eigenvalue weighted by molar-refractivity contribution is -0.125. The Morgan fingerprint density at radius 1 is 1.35 bits per heavy atom. The number of nitrogens with zero attached hydrogens (tertiary/aromatic N) is 1. The van der Waals surface area contributed by atoms with Crippen molar-refractivity contribution in [2.24, 2.45) is 0 Å². The van der Waals surface area contributed by atoms with E-state index in [2.05, 4.69) is 23.4 Å². The smallest absolute Gasteiger partial charge is 0.307 e. The van der Waals surface area contributed by atoms with E-state index in [9.17, 15) is 14.4 Å². The van der Waals surface area contributed by atoms with Crippen molar-refractivity contribution in [2.45, 2.75) is 19.3 Å². The first kappa shape index (κ1) is 14.4. The molecular formula is C13H15N3O3S. The number of carbonyl (C=O) groups is 3. The number of anilines is 1. The summed E-state index contributed by atoms with van der Waals surface area (Å²) >= 11 is 3.88. The molecule has 7 heteroatoms. The summed E-state index contributed by atoms with van der Waals surface area (Å²) in [5.41, 5.74) is 0.708. The van der Waals surface area contributed by atoms with Crippen LogP contribution < -0.4 is 10.6 Å². The maximum atomic E-state index is 11.9. The fourth-order valence-corrected chi connectivity index (χ4v) is 2.06. The van der Waals surface area contributed by atoms with Crippen molar-refractivity contribution in [3.8, 4) is 0 Å². The number of fused-ring (bicyclic) bond motifs is 1. The molecule has 1 aromatic carbocycles. The van der Waals surface area contributed by atoms with E-state index in [4.69, 9.17) is 0 Å². The lowest BCUT2D eigenvalue weighted by Crippen LogP contribution is -2.48. The minimum Gasteiger partial charge on any atom is -0.307 e. The molecule has 0 saturated heterocycles. The third kappa shape index (κ3) is 2.36. The van der Waals surface area contributed by atoms with Gasteiger partial charge in [-0.05, 0) is 31.5 Å². The molecule has 106 valence electrons. The lowest BCUT2D eigenvalue weighted by atomic mass is 9.78. The van der Waals surface area contributed by atoms with Crippen LogP contribution in [-0.2, 0) is 10.2 Å². The Hall–Kier alpha value is -2.02. The van der Waals surface area contributed by atoms with Gasteiger partial charge in [-0.2, -0.15) is 0 Å².